The lowest BCUT2D eigenvalue weighted by Gasteiger charge is -2.38. The number of hydrogen-bond acceptors (Lipinski definition) is 5. The Morgan fingerprint density at radius 2 is 1.76 bits per heavy atom. The van der Waals surface area contributed by atoms with Gasteiger partial charge < -0.3 is 24.8 Å². The number of hydrogen-bond donors (Lipinski definition) is 2. The van der Waals surface area contributed by atoms with Crippen LogP contribution in [-0.2, 0) is 0 Å². The maximum atomic E-state index is 12.9. The summed E-state index contributed by atoms with van der Waals surface area (Å²) in [7, 11) is 0. The van der Waals surface area contributed by atoms with Crippen LogP contribution in [0.5, 0.6) is 11.5 Å². The van der Waals surface area contributed by atoms with Crippen molar-refractivity contribution >= 4 is 29.9 Å². The second-order valence-corrected chi connectivity index (χ2v) is 9.23. The van der Waals surface area contributed by atoms with E-state index in [1.807, 2.05) is 36.4 Å². The van der Waals surface area contributed by atoms with Crippen molar-refractivity contribution in [3.8, 4) is 11.5 Å². The molecule has 33 heavy (non-hydrogen) atoms. The van der Waals surface area contributed by atoms with Gasteiger partial charge in [-0.25, -0.2) is 0 Å². The highest BCUT2D eigenvalue weighted by molar-refractivity contribution is 6.30. The lowest BCUT2D eigenvalue weighted by molar-refractivity contribution is -0.0475. The molecule has 0 radical (unpaired) electrons. The van der Waals surface area contributed by atoms with E-state index in [-0.39, 0.29) is 24.9 Å². The van der Waals surface area contributed by atoms with Crippen LogP contribution in [0.4, 0.5) is 0 Å². The molecule has 2 fully saturated rings. The standard InChI is InChI=1S/C25H31ClN2O4.ClH/c26-21-2-1-3-23(16-21)32-18-25(30)10-14-28(15-11-25)24(29)20-4-6-22(7-5-20)31-17-19-8-12-27-13-9-19;/h1-7,16,19,27,30H,8-15,17-18H2;1H. The SMILES string of the molecule is Cl.O=C(c1ccc(OCC2CCNCC2)cc1)N1CCC(O)(COc2cccc(Cl)c2)CC1. The summed E-state index contributed by atoms with van der Waals surface area (Å²) in [6, 6.07) is 14.5. The van der Waals surface area contributed by atoms with Crippen molar-refractivity contribution in [2.75, 3.05) is 39.4 Å². The van der Waals surface area contributed by atoms with Gasteiger partial charge in [-0.15, -0.1) is 12.4 Å². The third-order valence-corrected chi connectivity index (χ3v) is 6.57. The van der Waals surface area contributed by atoms with Gasteiger partial charge in [0.25, 0.3) is 5.91 Å². The zero-order valence-corrected chi connectivity index (χ0v) is 20.2. The highest BCUT2D eigenvalue weighted by Gasteiger charge is 2.35. The van der Waals surface area contributed by atoms with E-state index >= 15 is 0 Å². The molecule has 2 N–H and O–H groups in total. The first-order valence-corrected chi connectivity index (χ1v) is 11.7. The van der Waals surface area contributed by atoms with E-state index < -0.39 is 5.60 Å². The number of rotatable bonds is 7. The Morgan fingerprint density at radius 3 is 2.42 bits per heavy atom. The second kappa shape index (κ2) is 11.9. The van der Waals surface area contributed by atoms with E-state index in [0.717, 1.165) is 38.3 Å². The molecule has 4 rings (SSSR count). The smallest absolute Gasteiger partial charge is 0.253 e. The Kier molecular flexibility index (Phi) is 9.27. The van der Waals surface area contributed by atoms with Crippen LogP contribution in [0.15, 0.2) is 48.5 Å². The lowest BCUT2D eigenvalue weighted by atomic mass is 9.92. The summed E-state index contributed by atoms with van der Waals surface area (Å²) in [4.78, 5) is 14.7. The fourth-order valence-corrected chi connectivity index (χ4v) is 4.36. The molecular weight excluding hydrogens is 463 g/mol. The van der Waals surface area contributed by atoms with Crippen molar-refractivity contribution in [2.45, 2.75) is 31.3 Å². The van der Waals surface area contributed by atoms with Crippen LogP contribution in [0.2, 0.25) is 5.02 Å². The molecule has 2 aliphatic heterocycles. The van der Waals surface area contributed by atoms with Gasteiger partial charge in [0, 0.05) is 23.7 Å². The molecule has 2 aromatic rings. The van der Waals surface area contributed by atoms with Crippen molar-refractivity contribution in [1.29, 1.82) is 0 Å². The molecular formula is C25H32Cl2N2O4. The van der Waals surface area contributed by atoms with Crippen LogP contribution < -0.4 is 14.8 Å². The van der Waals surface area contributed by atoms with Crippen molar-refractivity contribution in [3.63, 3.8) is 0 Å². The monoisotopic (exact) mass is 494 g/mol. The Labute approximate surface area is 206 Å². The minimum atomic E-state index is -0.953. The average molecular weight is 495 g/mol. The third-order valence-electron chi connectivity index (χ3n) is 6.33. The van der Waals surface area contributed by atoms with Gasteiger partial charge in [0.2, 0.25) is 0 Å². The van der Waals surface area contributed by atoms with E-state index in [2.05, 4.69) is 5.32 Å². The number of carbonyl (C=O) groups excluding carboxylic acids is 1. The number of benzene rings is 2. The molecule has 2 heterocycles. The second-order valence-electron chi connectivity index (χ2n) is 8.79. The molecule has 0 aromatic heterocycles. The maximum absolute atomic E-state index is 12.9. The number of nitrogens with zero attached hydrogens (tertiary/aromatic N) is 1. The highest BCUT2D eigenvalue weighted by Crippen LogP contribution is 2.26. The van der Waals surface area contributed by atoms with Gasteiger partial charge in [-0.05, 0) is 87.2 Å². The number of aliphatic hydroxyl groups is 1. The molecule has 0 unspecified atom stereocenters. The Bertz CT molecular complexity index is 896. The fraction of sp³-hybridized carbons (Fsp3) is 0.480. The fourth-order valence-electron chi connectivity index (χ4n) is 4.18. The molecule has 6 nitrogen and oxygen atoms in total. The van der Waals surface area contributed by atoms with E-state index in [9.17, 15) is 9.90 Å². The summed E-state index contributed by atoms with van der Waals surface area (Å²) in [5.41, 5.74) is -0.314. The van der Waals surface area contributed by atoms with Crippen molar-refractivity contribution in [2.24, 2.45) is 5.92 Å². The molecule has 8 heteroatoms. The van der Waals surface area contributed by atoms with Crippen LogP contribution in [0, 0.1) is 5.92 Å². The minimum Gasteiger partial charge on any atom is -0.493 e. The molecule has 0 bridgehead atoms. The number of carbonyl (C=O) groups is 1. The zero-order chi connectivity index (χ0) is 22.4. The summed E-state index contributed by atoms with van der Waals surface area (Å²) >= 11 is 5.98. The number of ether oxygens (including phenoxy) is 2. The number of nitrogens with one attached hydrogen (secondary N) is 1. The van der Waals surface area contributed by atoms with Crippen LogP contribution in [0.3, 0.4) is 0 Å². The molecule has 2 aromatic carbocycles. The topological polar surface area (TPSA) is 71.0 Å². The van der Waals surface area contributed by atoms with Crippen LogP contribution in [-0.4, -0.2) is 60.9 Å². The molecule has 0 saturated carbocycles. The van der Waals surface area contributed by atoms with Crippen LogP contribution in [0.1, 0.15) is 36.0 Å². The Balaban J connectivity index is 0.00000306. The third kappa shape index (κ3) is 7.24. The van der Waals surface area contributed by atoms with Gasteiger partial charge >= 0.3 is 0 Å². The van der Waals surface area contributed by atoms with Crippen molar-refractivity contribution in [3.05, 3.63) is 59.1 Å². The van der Waals surface area contributed by atoms with Gasteiger partial charge in [0.15, 0.2) is 0 Å². The number of likely N-dealkylation sites (tertiary alicyclic amines) is 1. The zero-order valence-electron chi connectivity index (χ0n) is 18.7. The minimum absolute atomic E-state index is 0. The predicted octanol–water partition coefficient (Wildman–Crippen LogP) is 4.19. The first-order chi connectivity index (χ1) is 15.5. The van der Waals surface area contributed by atoms with E-state index in [4.69, 9.17) is 21.1 Å². The number of piperidine rings is 2. The van der Waals surface area contributed by atoms with Crippen LogP contribution >= 0.6 is 24.0 Å². The Hall–Kier alpha value is -1.99. The predicted molar refractivity (Wildman–Crippen MR) is 132 cm³/mol. The molecule has 0 spiro atoms. The molecule has 2 saturated heterocycles. The normalized spacial score (nSPS) is 18.3. The van der Waals surface area contributed by atoms with E-state index in [0.29, 0.717) is 48.2 Å². The highest BCUT2D eigenvalue weighted by atomic mass is 35.5. The Morgan fingerprint density at radius 1 is 1.06 bits per heavy atom. The summed E-state index contributed by atoms with van der Waals surface area (Å²) in [5.74, 6) is 2.00. The summed E-state index contributed by atoms with van der Waals surface area (Å²) < 4.78 is 11.7. The van der Waals surface area contributed by atoms with Crippen molar-refractivity contribution in [1.82, 2.24) is 10.2 Å². The number of amides is 1. The number of halogens is 2. The summed E-state index contributed by atoms with van der Waals surface area (Å²) in [5, 5.41) is 14.8. The van der Waals surface area contributed by atoms with Crippen LogP contribution in [0.25, 0.3) is 0 Å². The van der Waals surface area contributed by atoms with E-state index in [1.54, 1.807) is 17.0 Å². The molecule has 0 aliphatic carbocycles. The molecule has 1 amide bonds. The molecule has 2 aliphatic rings. The first kappa shape index (κ1) is 25.6. The maximum Gasteiger partial charge on any atom is 0.253 e. The van der Waals surface area contributed by atoms with Gasteiger partial charge in [0.1, 0.15) is 23.7 Å². The van der Waals surface area contributed by atoms with E-state index in [1.165, 1.54) is 0 Å². The van der Waals surface area contributed by atoms with Gasteiger partial charge in [0.05, 0.1) is 6.61 Å². The molecule has 180 valence electrons. The largest absolute Gasteiger partial charge is 0.493 e. The first-order valence-electron chi connectivity index (χ1n) is 11.3. The van der Waals surface area contributed by atoms with Crippen molar-refractivity contribution < 1.29 is 19.4 Å². The lowest BCUT2D eigenvalue weighted by Crippen LogP contribution is -2.49. The quantitative estimate of drug-likeness (QED) is 0.603. The summed E-state index contributed by atoms with van der Waals surface area (Å²) in [6.07, 6.45) is 3.22. The molecule has 0 atom stereocenters. The van der Waals surface area contributed by atoms with Gasteiger partial charge in [-0.3, -0.25) is 4.79 Å². The van der Waals surface area contributed by atoms with Gasteiger partial charge in [-0.2, -0.15) is 0 Å². The average Bonchev–Trinajstić information content (AvgIpc) is 2.83. The van der Waals surface area contributed by atoms with Gasteiger partial charge in [-0.1, -0.05) is 17.7 Å². The summed E-state index contributed by atoms with van der Waals surface area (Å²) in [6.45, 7) is 3.98.